The van der Waals surface area contributed by atoms with Crippen LogP contribution in [0.4, 0.5) is 0 Å². The van der Waals surface area contributed by atoms with Gasteiger partial charge < -0.3 is 13.9 Å². The quantitative estimate of drug-likeness (QED) is 0.549. The highest BCUT2D eigenvalue weighted by molar-refractivity contribution is 5.91. The van der Waals surface area contributed by atoms with Crippen molar-refractivity contribution in [2.45, 2.75) is 0 Å². The van der Waals surface area contributed by atoms with Crippen molar-refractivity contribution in [3.05, 3.63) is 70.6 Å². The summed E-state index contributed by atoms with van der Waals surface area (Å²) in [6, 6.07) is 12.6. The first kappa shape index (κ1) is 13.9. The summed E-state index contributed by atoms with van der Waals surface area (Å²) in [7, 11) is 1.55. The van der Waals surface area contributed by atoms with E-state index in [1.165, 1.54) is 18.4 Å². The van der Waals surface area contributed by atoms with Gasteiger partial charge in [0.25, 0.3) is 0 Å². The minimum atomic E-state index is -0.500. The van der Waals surface area contributed by atoms with Gasteiger partial charge in [-0.05, 0) is 36.4 Å². The van der Waals surface area contributed by atoms with Crippen molar-refractivity contribution in [3.63, 3.8) is 0 Å². The molecule has 0 unspecified atom stereocenters. The molecule has 0 aliphatic heterocycles. The van der Waals surface area contributed by atoms with Crippen LogP contribution in [0.1, 0.15) is 10.4 Å². The Morgan fingerprint density at radius 3 is 2.45 bits per heavy atom. The second-order valence-electron chi connectivity index (χ2n) is 4.56. The van der Waals surface area contributed by atoms with Gasteiger partial charge in [-0.3, -0.25) is 4.79 Å². The average Bonchev–Trinajstić information content (AvgIpc) is 2.55. The number of fused-ring (bicyclic) bond motifs is 1. The van der Waals surface area contributed by atoms with Crippen molar-refractivity contribution < 1.29 is 18.7 Å². The fraction of sp³-hybridized carbons (Fsp3) is 0.0588. The molecule has 0 atom stereocenters. The number of carbonyl (C=O) groups excluding carboxylic acids is 1. The number of esters is 1. The van der Waals surface area contributed by atoms with E-state index in [0.29, 0.717) is 28.0 Å². The van der Waals surface area contributed by atoms with Crippen molar-refractivity contribution in [1.29, 1.82) is 0 Å². The molecule has 1 heterocycles. The molecule has 0 fully saturated rings. The van der Waals surface area contributed by atoms with E-state index in [9.17, 15) is 9.59 Å². The summed E-state index contributed by atoms with van der Waals surface area (Å²) < 4.78 is 15.6. The third-order valence-electron chi connectivity index (χ3n) is 3.17. The van der Waals surface area contributed by atoms with E-state index in [2.05, 4.69) is 0 Å². The third kappa shape index (κ3) is 2.69. The summed E-state index contributed by atoms with van der Waals surface area (Å²) in [4.78, 5) is 23.7. The second-order valence-corrected chi connectivity index (χ2v) is 4.56. The SMILES string of the molecule is COc1ccc(C(=O)Oc2ccc3c(=O)ccoc3c2)cc1. The van der Waals surface area contributed by atoms with Gasteiger partial charge in [0.15, 0.2) is 5.43 Å². The Labute approximate surface area is 125 Å². The first-order valence-corrected chi connectivity index (χ1v) is 6.55. The molecule has 5 nitrogen and oxygen atoms in total. The zero-order valence-electron chi connectivity index (χ0n) is 11.7. The summed E-state index contributed by atoms with van der Waals surface area (Å²) in [6.45, 7) is 0. The van der Waals surface area contributed by atoms with Crippen LogP contribution in [0, 0.1) is 0 Å². The summed E-state index contributed by atoms with van der Waals surface area (Å²) in [5.74, 6) is 0.465. The summed E-state index contributed by atoms with van der Waals surface area (Å²) in [5.41, 5.74) is 0.622. The minimum absolute atomic E-state index is 0.144. The predicted octanol–water partition coefficient (Wildman–Crippen LogP) is 3.02. The molecule has 22 heavy (non-hydrogen) atoms. The van der Waals surface area contributed by atoms with Crippen LogP contribution >= 0.6 is 0 Å². The molecule has 0 spiro atoms. The number of benzene rings is 2. The summed E-state index contributed by atoms with van der Waals surface area (Å²) >= 11 is 0. The highest BCUT2D eigenvalue weighted by atomic mass is 16.5. The number of rotatable bonds is 3. The number of hydrogen-bond acceptors (Lipinski definition) is 5. The topological polar surface area (TPSA) is 65.7 Å². The molecule has 0 radical (unpaired) electrons. The van der Waals surface area contributed by atoms with E-state index >= 15 is 0 Å². The maximum Gasteiger partial charge on any atom is 0.343 e. The molecule has 0 saturated heterocycles. The molecule has 5 heteroatoms. The van der Waals surface area contributed by atoms with Gasteiger partial charge in [-0.1, -0.05) is 0 Å². The van der Waals surface area contributed by atoms with Crippen molar-refractivity contribution in [1.82, 2.24) is 0 Å². The van der Waals surface area contributed by atoms with E-state index in [-0.39, 0.29) is 5.43 Å². The van der Waals surface area contributed by atoms with Crippen LogP contribution in [0.15, 0.2) is 64.0 Å². The molecular formula is C17H12O5. The molecule has 110 valence electrons. The molecule has 0 N–H and O–H groups in total. The van der Waals surface area contributed by atoms with Gasteiger partial charge in [0.1, 0.15) is 17.1 Å². The molecule has 0 aliphatic carbocycles. The number of hydrogen-bond donors (Lipinski definition) is 0. The van der Waals surface area contributed by atoms with Crippen LogP contribution in [-0.4, -0.2) is 13.1 Å². The Bertz CT molecular complexity index is 877. The van der Waals surface area contributed by atoms with Gasteiger partial charge in [0.2, 0.25) is 0 Å². The van der Waals surface area contributed by atoms with E-state index in [0.717, 1.165) is 0 Å². The Morgan fingerprint density at radius 1 is 1.00 bits per heavy atom. The van der Waals surface area contributed by atoms with Gasteiger partial charge in [0, 0.05) is 12.1 Å². The Hall–Kier alpha value is -3.08. The van der Waals surface area contributed by atoms with Gasteiger partial charge in [-0.15, -0.1) is 0 Å². The van der Waals surface area contributed by atoms with Gasteiger partial charge in [-0.2, -0.15) is 0 Å². The number of methoxy groups -OCH3 is 1. The molecule has 0 saturated carbocycles. The van der Waals surface area contributed by atoms with Crippen LogP contribution in [-0.2, 0) is 0 Å². The molecule has 2 aromatic carbocycles. The third-order valence-corrected chi connectivity index (χ3v) is 3.17. The first-order valence-electron chi connectivity index (χ1n) is 6.55. The molecular weight excluding hydrogens is 284 g/mol. The standard InChI is InChI=1S/C17H12O5/c1-20-12-4-2-11(3-5-12)17(19)22-13-6-7-14-15(18)8-9-21-16(14)10-13/h2-10H,1H3. The number of ether oxygens (including phenoxy) is 2. The Morgan fingerprint density at radius 2 is 1.73 bits per heavy atom. The van der Waals surface area contributed by atoms with E-state index in [1.54, 1.807) is 43.5 Å². The lowest BCUT2D eigenvalue weighted by Crippen LogP contribution is -2.08. The van der Waals surface area contributed by atoms with Crippen LogP contribution in [0.25, 0.3) is 11.0 Å². The second kappa shape index (κ2) is 5.73. The maximum atomic E-state index is 12.1. The van der Waals surface area contributed by atoms with E-state index in [1.807, 2.05) is 0 Å². The molecule has 1 aromatic heterocycles. The largest absolute Gasteiger partial charge is 0.497 e. The molecule has 0 bridgehead atoms. The smallest absolute Gasteiger partial charge is 0.343 e. The lowest BCUT2D eigenvalue weighted by atomic mass is 10.2. The van der Waals surface area contributed by atoms with E-state index in [4.69, 9.17) is 13.9 Å². The zero-order valence-corrected chi connectivity index (χ0v) is 11.7. The van der Waals surface area contributed by atoms with Crippen molar-refractivity contribution >= 4 is 16.9 Å². The minimum Gasteiger partial charge on any atom is -0.497 e. The van der Waals surface area contributed by atoms with Crippen LogP contribution in [0.5, 0.6) is 11.5 Å². The van der Waals surface area contributed by atoms with Gasteiger partial charge in [0.05, 0.1) is 24.3 Å². The maximum absolute atomic E-state index is 12.1. The highest BCUT2D eigenvalue weighted by Crippen LogP contribution is 2.20. The van der Waals surface area contributed by atoms with Crippen molar-refractivity contribution in [2.75, 3.05) is 7.11 Å². The van der Waals surface area contributed by atoms with Crippen LogP contribution in [0.2, 0.25) is 0 Å². The first-order chi connectivity index (χ1) is 10.7. The lowest BCUT2D eigenvalue weighted by molar-refractivity contribution is 0.0735. The lowest BCUT2D eigenvalue weighted by Gasteiger charge is -2.06. The van der Waals surface area contributed by atoms with Crippen molar-refractivity contribution in [3.8, 4) is 11.5 Å². The van der Waals surface area contributed by atoms with Crippen LogP contribution < -0.4 is 14.9 Å². The molecule has 3 aromatic rings. The molecule has 0 amide bonds. The monoisotopic (exact) mass is 296 g/mol. The summed E-state index contributed by atoms with van der Waals surface area (Å²) in [5, 5.41) is 0.437. The van der Waals surface area contributed by atoms with Crippen molar-refractivity contribution in [2.24, 2.45) is 0 Å². The van der Waals surface area contributed by atoms with Gasteiger partial charge >= 0.3 is 5.97 Å². The average molecular weight is 296 g/mol. The van der Waals surface area contributed by atoms with Crippen LogP contribution in [0.3, 0.4) is 0 Å². The normalized spacial score (nSPS) is 10.4. The predicted molar refractivity (Wildman–Crippen MR) is 80.4 cm³/mol. The fourth-order valence-corrected chi connectivity index (χ4v) is 2.02. The molecule has 0 aliphatic rings. The Balaban J connectivity index is 1.85. The molecule has 3 rings (SSSR count). The zero-order chi connectivity index (χ0) is 15.5. The highest BCUT2D eigenvalue weighted by Gasteiger charge is 2.10. The Kier molecular flexibility index (Phi) is 3.62. The van der Waals surface area contributed by atoms with Gasteiger partial charge in [-0.25, -0.2) is 4.79 Å². The summed E-state index contributed by atoms with van der Waals surface area (Å²) in [6.07, 6.45) is 1.31. The fourth-order valence-electron chi connectivity index (χ4n) is 2.02. The van der Waals surface area contributed by atoms with E-state index < -0.39 is 5.97 Å². The number of carbonyl (C=O) groups is 1.